The Kier molecular flexibility index (Phi) is 5.22. The first-order valence-corrected chi connectivity index (χ1v) is 6.10. The Hall–Kier alpha value is -0.610. The molecule has 1 amide bonds. The summed E-state index contributed by atoms with van der Waals surface area (Å²) in [5.41, 5.74) is 0.172. The molecule has 2 N–H and O–H groups in total. The highest BCUT2D eigenvalue weighted by Gasteiger charge is 2.33. The van der Waals surface area contributed by atoms with Gasteiger partial charge in [0.2, 0.25) is 5.91 Å². The average Bonchev–Trinajstić information content (AvgIpc) is 2.18. The van der Waals surface area contributed by atoms with Gasteiger partial charge in [-0.15, -0.1) is 0 Å². The Bertz CT molecular complexity index is 225. The highest BCUT2D eigenvalue weighted by molar-refractivity contribution is 5.75. The molecule has 0 aromatic carbocycles. The molecule has 0 aromatic heterocycles. The zero-order chi connectivity index (χ0) is 12.0. The summed E-state index contributed by atoms with van der Waals surface area (Å²) >= 11 is 0. The molecule has 1 heterocycles. The molecule has 1 rings (SSSR count). The minimum atomic E-state index is 0.152. The van der Waals surface area contributed by atoms with Gasteiger partial charge in [0, 0.05) is 24.4 Å². The summed E-state index contributed by atoms with van der Waals surface area (Å²) < 4.78 is 5.13. The van der Waals surface area contributed by atoms with E-state index in [2.05, 4.69) is 31.4 Å². The SMILES string of the molecule is CC(C)NCCCC(=O)NCC1(C)COC1. The Morgan fingerprint density at radius 2 is 2.12 bits per heavy atom. The van der Waals surface area contributed by atoms with E-state index in [1.807, 2.05) is 0 Å². The summed E-state index contributed by atoms with van der Waals surface area (Å²) in [6.45, 7) is 9.53. The molecule has 1 saturated heterocycles. The largest absolute Gasteiger partial charge is 0.380 e. The van der Waals surface area contributed by atoms with Gasteiger partial charge in [-0.3, -0.25) is 4.79 Å². The molecule has 4 heteroatoms. The van der Waals surface area contributed by atoms with Gasteiger partial charge in [-0.25, -0.2) is 0 Å². The predicted molar refractivity (Wildman–Crippen MR) is 64.3 cm³/mol. The van der Waals surface area contributed by atoms with E-state index in [4.69, 9.17) is 4.74 Å². The number of amides is 1. The van der Waals surface area contributed by atoms with E-state index < -0.39 is 0 Å². The fourth-order valence-electron chi connectivity index (χ4n) is 1.59. The van der Waals surface area contributed by atoms with E-state index in [1.54, 1.807) is 0 Å². The van der Waals surface area contributed by atoms with Crippen LogP contribution in [0.2, 0.25) is 0 Å². The fourth-order valence-corrected chi connectivity index (χ4v) is 1.59. The van der Waals surface area contributed by atoms with Crippen molar-refractivity contribution in [3.05, 3.63) is 0 Å². The highest BCUT2D eigenvalue weighted by atomic mass is 16.5. The molecule has 0 aliphatic carbocycles. The van der Waals surface area contributed by atoms with Crippen LogP contribution in [-0.2, 0) is 9.53 Å². The van der Waals surface area contributed by atoms with Gasteiger partial charge in [-0.2, -0.15) is 0 Å². The van der Waals surface area contributed by atoms with Crippen LogP contribution in [0.4, 0.5) is 0 Å². The average molecular weight is 228 g/mol. The molecule has 1 aliphatic rings. The van der Waals surface area contributed by atoms with E-state index in [1.165, 1.54) is 0 Å². The Morgan fingerprint density at radius 1 is 1.44 bits per heavy atom. The summed E-state index contributed by atoms with van der Waals surface area (Å²) in [6, 6.07) is 0.495. The van der Waals surface area contributed by atoms with Crippen LogP contribution in [-0.4, -0.2) is 38.3 Å². The van der Waals surface area contributed by atoms with Gasteiger partial charge in [-0.05, 0) is 13.0 Å². The second kappa shape index (κ2) is 6.21. The first-order valence-electron chi connectivity index (χ1n) is 6.10. The van der Waals surface area contributed by atoms with Crippen molar-refractivity contribution < 1.29 is 9.53 Å². The van der Waals surface area contributed by atoms with E-state index in [9.17, 15) is 4.79 Å². The number of hydrogen-bond acceptors (Lipinski definition) is 3. The van der Waals surface area contributed by atoms with Crippen LogP contribution in [0.3, 0.4) is 0 Å². The van der Waals surface area contributed by atoms with Crippen molar-refractivity contribution in [3.63, 3.8) is 0 Å². The lowest BCUT2D eigenvalue weighted by Gasteiger charge is -2.38. The third kappa shape index (κ3) is 4.94. The number of carbonyl (C=O) groups excluding carboxylic acids is 1. The zero-order valence-electron chi connectivity index (χ0n) is 10.6. The molecule has 0 atom stereocenters. The van der Waals surface area contributed by atoms with Crippen molar-refractivity contribution in [2.24, 2.45) is 5.41 Å². The van der Waals surface area contributed by atoms with E-state index in [-0.39, 0.29) is 11.3 Å². The van der Waals surface area contributed by atoms with Gasteiger partial charge < -0.3 is 15.4 Å². The maximum atomic E-state index is 11.5. The lowest BCUT2D eigenvalue weighted by Crippen LogP contribution is -2.48. The second-order valence-corrected chi connectivity index (χ2v) is 5.29. The van der Waals surface area contributed by atoms with Gasteiger partial charge in [0.25, 0.3) is 0 Å². The third-order valence-corrected chi connectivity index (χ3v) is 2.75. The Balaban J connectivity index is 1.98. The van der Waals surface area contributed by atoms with Crippen LogP contribution in [0.1, 0.15) is 33.6 Å². The molecule has 0 radical (unpaired) electrons. The Morgan fingerprint density at radius 3 is 2.62 bits per heavy atom. The first kappa shape index (κ1) is 13.5. The molecule has 1 fully saturated rings. The molecular formula is C12H24N2O2. The quantitative estimate of drug-likeness (QED) is 0.637. The number of rotatable bonds is 7. The molecule has 0 bridgehead atoms. The van der Waals surface area contributed by atoms with Crippen LogP contribution in [0.15, 0.2) is 0 Å². The highest BCUT2D eigenvalue weighted by Crippen LogP contribution is 2.24. The standard InChI is InChI=1S/C12H24N2O2/c1-10(2)13-6-4-5-11(15)14-7-12(3)8-16-9-12/h10,13H,4-9H2,1-3H3,(H,14,15). The predicted octanol–water partition coefficient (Wildman–Crippen LogP) is 0.917. The summed E-state index contributed by atoms with van der Waals surface area (Å²) in [6.07, 6.45) is 1.51. The van der Waals surface area contributed by atoms with E-state index >= 15 is 0 Å². The molecule has 0 spiro atoms. The first-order chi connectivity index (χ1) is 7.52. The minimum absolute atomic E-state index is 0.152. The summed E-state index contributed by atoms with van der Waals surface area (Å²) in [5.74, 6) is 0.152. The van der Waals surface area contributed by atoms with Crippen LogP contribution in [0, 0.1) is 5.41 Å². The molecule has 0 unspecified atom stereocenters. The van der Waals surface area contributed by atoms with Crippen molar-refractivity contribution in [2.75, 3.05) is 26.3 Å². The second-order valence-electron chi connectivity index (χ2n) is 5.29. The van der Waals surface area contributed by atoms with Gasteiger partial charge in [-0.1, -0.05) is 20.8 Å². The van der Waals surface area contributed by atoms with Crippen molar-refractivity contribution >= 4 is 5.91 Å². The molecule has 16 heavy (non-hydrogen) atoms. The van der Waals surface area contributed by atoms with Crippen LogP contribution < -0.4 is 10.6 Å². The summed E-state index contributed by atoms with van der Waals surface area (Å²) in [7, 11) is 0. The van der Waals surface area contributed by atoms with Gasteiger partial charge in [0.15, 0.2) is 0 Å². The number of ether oxygens (including phenoxy) is 1. The fraction of sp³-hybridized carbons (Fsp3) is 0.917. The van der Waals surface area contributed by atoms with Crippen LogP contribution in [0.25, 0.3) is 0 Å². The molecule has 0 saturated carbocycles. The van der Waals surface area contributed by atoms with Gasteiger partial charge in [0.05, 0.1) is 13.2 Å². The van der Waals surface area contributed by atoms with E-state index in [0.717, 1.165) is 32.7 Å². The van der Waals surface area contributed by atoms with Gasteiger partial charge in [0.1, 0.15) is 0 Å². The smallest absolute Gasteiger partial charge is 0.220 e. The monoisotopic (exact) mass is 228 g/mol. The van der Waals surface area contributed by atoms with Gasteiger partial charge >= 0.3 is 0 Å². The van der Waals surface area contributed by atoms with Crippen molar-refractivity contribution in [1.29, 1.82) is 0 Å². The summed E-state index contributed by atoms with van der Waals surface area (Å²) in [4.78, 5) is 11.5. The van der Waals surface area contributed by atoms with Crippen LogP contribution in [0.5, 0.6) is 0 Å². The molecule has 0 aromatic rings. The van der Waals surface area contributed by atoms with Crippen molar-refractivity contribution in [2.45, 2.75) is 39.7 Å². The molecular weight excluding hydrogens is 204 g/mol. The topological polar surface area (TPSA) is 50.4 Å². The molecule has 4 nitrogen and oxygen atoms in total. The lowest BCUT2D eigenvalue weighted by atomic mass is 9.89. The van der Waals surface area contributed by atoms with Crippen LogP contribution >= 0.6 is 0 Å². The Labute approximate surface area is 98.1 Å². The van der Waals surface area contributed by atoms with Crippen molar-refractivity contribution in [3.8, 4) is 0 Å². The summed E-state index contributed by atoms with van der Waals surface area (Å²) in [5, 5.41) is 6.26. The number of hydrogen-bond donors (Lipinski definition) is 2. The maximum Gasteiger partial charge on any atom is 0.220 e. The lowest BCUT2D eigenvalue weighted by molar-refractivity contribution is -0.126. The maximum absolute atomic E-state index is 11.5. The third-order valence-electron chi connectivity index (χ3n) is 2.75. The number of carbonyl (C=O) groups is 1. The molecule has 94 valence electrons. The van der Waals surface area contributed by atoms with E-state index in [0.29, 0.717) is 12.5 Å². The normalized spacial score (nSPS) is 18.2. The number of nitrogens with one attached hydrogen (secondary N) is 2. The van der Waals surface area contributed by atoms with Crippen molar-refractivity contribution in [1.82, 2.24) is 10.6 Å². The zero-order valence-corrected chi connectivity index (χ0v) is 10.6. The molecule has 1 aliphatic heterocycles. The minimum Gasteiger partial charge on any atom is -0.380 e.